The van der Waals surface area contributed by atoms with Crippen molar-refractivity contribution in [2.45, 2.75) is 44.1 Å². The quantitative estimate of drug-likeness (QED) is 0.426. The van der Waals surface area contributed by atoms with Crippen LogP contribution in [0, 0.1) is 5.82 Å². The van der Waals surface area contributed by atoms with E-state index in [0.717, 1.165) is 12.8 Å². The minimum absolute atomic E-state index is 0.0561. The highest BCUT2D eigenvalue weighted by Gasteiger charge is 2.32. The zero-order chi connectivity index (χ0) is 25.7. The highest BCUT2D eigenvalue weighted by atomic mass is 19.3. The Balaban J connectivity index is 1.34. The molecule has 196 valence electrons. The molecule has 6 rings (SSSR count). The number of aromatic nitrogens is 6. The molecule has 0 aliphatic carbocycles. The first kappa shape index (κ1) is 23.8. The average Bonchev–Trinajstić information content (AvgIpc) is 3.56. The van der Waals surface area contributed by atoms with Crippen LogP contribution in [-0.2, 0) is 4.74 Å². The predicted octanol–water partition coefficient (Wildman–Crippen LogP) is 3.88. The summed E-state index contributed by atoms with van der Waals surface area (Å²) in [5.74, 6) is 0.00118. The van der Waals surface area contributed by atoms with Gasteiger partial charge in [-0.05, 0) is 31.7 Å². The molecule has 1 atom stereocenters. The zero-order valence-electron chi connectivity index (χ0n) is 20.3. The second-order valence-corrected chi connectivity index (χ2v) is 9.47. The van der Waals surface area contributed by atoms with Gasteiger partial charge in [0.15, 0.2) is 23.0 Å². The molecule has 0 amide bonds. The van der Waals surface area contributed by atoms with Crippen LogP contribution in [0.5, 0.6) is 5.75 Å². The van der Waals surface area contributed by atoms with Gasteiger partial charge in [-0.1, -0.05) is 0 Å². The molecule has 2 N–H and O–H groups in total. The summed E-state index contributed by atoms with van der Waals surface area (Å²) < 4.78 is 56.3. The molecule has 2 aliphatic heterocycles. The van der Waals surface area contributed by atoms with Crippen LogP contribution in [0.1, 0.15) is 55.6 Å². The lowest BCUT2D eigenvalue weighted by Crippen LogP contribution is -2.35. The number of ether oxygens (including phenoxy) is 2. The molecule has 13 heteroatoms. The maximum absolute atomic E-state index is 14.5. The second kappa shape index (κ2) is 9.36. The molecule has 2 fully saturated rings. The summed E-state index contributed by atoms with van der Waals surface area (Å²) in [6.45, 7) is 2.15. The lowest BCUT2D eigenvalue weighted by molar-refractivity contribution is 0.0595. The molecular formula is C24H27F3N8O2. The molecule has 3 aromatic heterocycles. The van der Waals surface area contributed by atoms with Crippen LogP contribution in [-0.4, -0.2) is 62.8 Å². The minimum atomic E-state index is -2.65. The molecule has 1 aromatic carbocycles. The van der Waals surface area contributed by atoms with Crippen molar-refractivity contribution in [1.82, 2.24) is 29.4 Å². The van der Waals surface area contributed by atoms with Crippen molar-refractivity contribution < 1.29 is 22.6 Å². The molecule has 37 heavy (non-hydrogen) atoms. The number of hydrogen-bond donors (Lipinski definition) is 1. The Labute approximate surface area is 210 Å². The summed E-state index contributed by atoms with van der Waals surface area (Å²) in [6.07, 6.45) is 1.75. The summed E-state index contributed by atoms with van der Waals surface area (Å²) in [7, 11) is 1.38. The largest absolute Gasteiger partial charge is 0.494 e. The Hall–Kier alpha value is -3.61. The number of methoxy groups -OCH3 is 1. The molecular weight excluding hydrogens is 489 g/mol. The van der Waals surface area contributed by atoms with Gasteiger partial charge >= 0.3 is 0 Å². The molecule has 0 saturated carbocycles. The van der Waals surface area contributed by atoms with E-state index < -0.39 is 12.2 Å². The van der Waals surface area contributed by atoms with Crippen LogP contribution in [0.2, 0.25) is 0 Å². The van der Waals surface area contributed by atoms with Crippen molar-refractivity contribution in [1.29, 1.82) is 0 Å². The first-order chi connectivity index (χ1) is 17.9. The van der Waals surface area contributed by atoms with Gasteiger partial charge in [0, 0.05) is 43.7 Å². The number of hydrogen-bond acceptors (Lipinski definition) is 8. The highest BCUT2D eigenvalue weighted by Crippen LogP contribution is 2.38. The van der Waals surface area contributed by atoms with Gasteiger partial charge in [-0.2, -0.15) is 9.61 Å². The lowest BCUT2D eigenvalue weighted by atomic mass is 9.97. The standard InChI is InChI=1S/C24H27F3N8O2/c1-36-19-10-17-15(9-16(19)25)23-31-22(32-35(23)24(28)30-17)13-3-2-6-33(12-13)18-11-29-34(20(18)21(26)27)14-4-7-37-8-5-14/h9-11,13-14,21H,2-8,12H2,1H3,(H2,28,30). The van der Waals surface area contributed by atoms with Crippen molar-refractivity contribution in [2.75, 3.05) is 44.0 Å². The number of halogens is 3. The number of anilines is 2. The molecule has 4 aromatic rings. The highest BCUT2D eigenvalue weighted by molar-refractivity contribution is 5.93. The Bertz CT molecular complexity index is 1450. The number of nitrogens with two attached hydrogens (primary N) is 1. The van der Waals surface area contributed by atoms with Gasteiger partial charge in [-0.15, -0.1) is 5.10 Å². The topological polar surface area (TPSA) is 109 Å². The monoisotopic (exact) mass is 516 g/mol. The fourth-order valence-electron chi connectivity index (χ4n) is 5.42. The van der Waals surface area contributed by atoms with Crippen molar-refractivity contribution in [2.24, 2.45) is 0 Å². The summed E-state index contributed by atoms with van der Waals surface area (Å²) in [6, 6.07) is 2.68. The van der Waals surface area contributed by atoms with Gasteiger partial charge in [0.2, 0.25) is 5.95 Å². The van der Waals surface area contributed by atoms with Crippen LogP contribution in [0.4, 0.5) is 24.8 Å². The number of benzene rings is 1. The third-order valence-electron chi connectivity index (χ3n) is 7.27. The third-order valence-corrected chi connectivity index (χ3v) is 7.27. The van der Waals surface area contributed by atoms with E-state index in [1.807, 2.05) is 4.90 Å². The first-order valence-electron chi connectivity index (χ1n) is 12.3. The van der Waals surface area contributed by atoms with Crippen LogP contribution in [0.15, 0.2) is 18.3 Å². The van der Waals surface area contributed by atoms with E-state index in [-0.39, 0.29) is 29.4 Å². The van der Waals surface area contributed by atoms with Gasteiger partial charge in [-0.3, -0.25) is 4.68 Å². The number of fused-ring (bicyclic) bond motifs is 3. The molecule has 2 saturated heterocycles. The van der Waals surface area contributed by atoms with E-state index in [0.29, 0.717) is 67.2 Å². The van der Waals surface area contributed by atoms with Crippen molar-refractivity contribution >= 4 is 28.2 Å². The fourth-order valence-corrected chi connectivity index (χ4v) is 5.42. The van der Waals surface area contributed by atoms with Gasteiger partial charge in [-0.25, -0.2) is 23.1 Å². The number of piperidine rings is 1. The Morgan fingerprint density at radius 2 is 1.97 bits per heavy atom. The summed E-state index contributed by atoms with van der Waals surface area (Å²) in [5.41, 5.74) is 7.35. The Kier molecular flexibility index (Phi) is 6.01. The van der Waals surface area contributed by atoms with E-state index in [4.69, 9.17) is 20.2 Å². The Morgan fingerprint density at radius 1 is 1.16 bits per heavy atom. The van der Waals surface area contributed by atoms with Crippen molar-refractivity contribution in [3.8, 4) is 5.75 Å². The minimum Gasteiger partial charge on any atom is -0.494 e. The van der Waals surface area contributed by atoms with E-state index in [2.05, 4.69) is 15.2 Å². The molecule has 1 unspecified atom stereocenters. The fraction of sp³-hybridized carbons (Fsp3) is 0.500. The summed E-state index contributed by atoms with van der Waals surface area (Å²) in [5, 5.41) is 9.40. The van der Waals surface area contributed by atoms with E-state index >= 15 is 0 Å². The first-order valence-corrected chi connectivity index (χ1v) is 12.3. The molecule has 10 nitrogen and oxygen atoms in total. The number of nitrogens with zero attached hydrogens (tertiary/aromatic N) is 7. The van der Waals surface area contributed by atoms with Crippen molar-refractivity contribution in [3.05, 3.63) is 35.7 Å². The second-order valence-electron chi connectivity index (χ2n) is 9.47. The normalized spacial score (nSPS) is 19.4. The smallest absolute Gasteiger partial charge is 0.282 e. The lowest BCUT2D eigenvalue weighted by Gasteiger charge is -2.33. The predicted molar refractivity (Wildman–Crippen MR) is 130 cm³/mol. The van der Waals surface area contributed by atoms with Gasteiger partial charge < -0.3 is 20.1 Å². The summed E-state index contributed by atoms with van der Waals surface area (Å²) in [4.78, 5) is 11.0. The average molecular weight is 517 g/mol. The van der Waals surface area contributed by atoms with E-state index in [1.165, 1.54) is 28.4 Å². The van der Waals surface area contributed by atoms with E-state index in [9.17, 15) is 13.2 Å². The van der Waals surface area contributed by atoms with Crippen LogP contribution in [0.25, 0.3) is 16.6 Å². The van der Waals surface area contributed by atoms with Crippen LogP contribution < -0.4 is 15.4 Å². The third kappa shape index (κ3) is 4.10. The molecule has 0 radical (unpaired) electrons. The molecule has 2 aliphatic rings. The maximum atomic E-state index is 14.5. The number of rotatable bonds is 5. The number of alkyl halides is 2. The summed E-state index contributed by atoms with van der Waals surface area (Å²) >= 11 is 0. The van der Waals surface area contributed by atoms with Gasteiger partial charge in [0.1, 0.15) is 5.69 Å². The van der Waals surface area contributed by atoms with Crippen LogP contribution in [0.3, 0.4) is 0 Å². The van der Waals surface area contributed by atoms with E-state index in [1.54, 1.807) is 6.20 Å². The zero-order valence-corrected chi connectivity index (χ0v) is 20.3. The Morgan fingerprint density at radius 3 is 2.73 bits per heavy atom. The van der Waals surface area contributed by atoms with Gasteiger partial charge in [0.05, 0.1) is 30.6 Å². The molecule has 0 bridgehead atoms. The van der Waals surface area contributed by atoms with Crippen LogP contribution >= 0.6 is 0 Å². The molecule has 0 spiro atoms. The molecule has 5 heterocycles. The van der Waals surface area contributed by atoms with Gasteiger partial charge in [0.25, 0.3) is 6.43 Å². The maximum Gasteiger partial charge on any atom is 0.282 e. The number of nitrogen functional groups attached to an aromatic ring is 1. The SMILES string of the molecule is COc1cc2nc(N)n3nc(C4CCCN(c5cnn(C6CCOCC6)c5C(F)F)C4)nc3c2cc1F. The van der Waals surface area contributed by atoms with Crippen molar-refractivity contribution in [3.63, 3.8) is 0 Å².